The average Bonchev–Trinajstić information content (AvgIpc) is 2.67. The highest BCUT2D eigenvalue weighted by molar-refractivity contribution is 5.90. The van der Waals surface area contributed by atoms with Crippen LogP contribution in [0.2, 0.25) is 0 Å². The molecule has 1 atom stereocenters. The molecule has 3 N–H and O–H groups in total. The molecular formula is C22H33N3O6. The van der Waals surface area contributed by atoms with Crippen LogP contribution >= 0.6 is 0 Å². The Morgan fingerprint density at radius 2 is 1.61 bits per heavy atom. The minimum Gasteiger partial charge on any atom is -0.460 e. The van der Waals surface area contributed by atoms with E-state index in [1.165, 1.54) is 0 Å². The first kappa shape index (κ1) is 25.9. The SMILES string of the molecule is CC(C)CC(NC(=O)OC(C)(C)C)C(=O)NCC(=O)NCC(=O)OCc1ccccc1. The van der Waals surface area contributed by atoms with Crippen molar-refractivity contribution >= 4 is 23.9 Å². The predicted molar refractivity (Wildman–Crippen MR) is 115 cm³/mol. The molecular weight excluding hydrogens is 402 g/mol. The van der Waals surface area contributed by atoms with E-state index in [-0.39, 0.29) is 25.6 Å². The Hall–Kier alpha value is -3.10. The molecule has 0 aliphatic rings. The van der Waals surface area contributed by atoms with Crippen LogP contribution in [0, 0.1) is 5.92 Å². The minimum absolute atomic E-state index is 0.111. The summed E-state index contributed by atoms with van der Waals surface area (Å²) in [6, 6.07) is 8.31. The zero-order chi connectivity index (χ0) is 23.4. The number of carbonyl (C=O) groups excluding carboxylic acids is 4. The molecule has 9 heteroatoms. The maximum Gasteiger partial charge on any atom is 0.408 e. The first-order valence-electron chi connectivity index (χ1n) is 10.2. The highest BCUT2D eigenvalue weighted by Crippen LogP contribution is 2.09. The van der Waals surface area contributed by atoms with Gasteiger partial charge in [-0.05, 0) is 38.7 Å². The van der Waals surface area contributed by atoms with E-state index in [0.717, 1.165) is 5.56 Å². The lowest BCUT2D eigenvalue weighted by atomic mass is 10.0. The van der Waals surface area contributed by atoms with Crippen LogP contribution in [0.4, 0.5) is 4.79 Å². The van der Waals surface area contributed by atoms with Gasteiger partial charge in [0.05, 0.1) is 6.54 Å². The van der Waals surface area contributed by atoms with Crippen LogP contribution in [0.1, 0.15) is 46.6 Å². The van der Waals surface area contributed by atoms with Crippen LogP contribution in [-0.4, -0.2) is 48.6 Å². The minimum atomic E-state index is -0.849. The Bertz CT molecular complexity index is 743. The van der Waals surface area contributed by atoms with Gasteiger partial charge in [-0.2, -0.15) is 0 Å². The maximum atomic E-state index is 12.4. The second-order valence-electron chi connectivity index (χ2n) is 8.47. The topological polar surface area (TPSA) is 123 Å². The largest absolute Gasteiger partial charge is 0.460 e. The van der Waals surface area contributed by atoms with Crippen molar-refractivity contribution in [3.05, 3.63) is 35.9 Å². The van der Waals surface area contributed by atoms with E-state index in [0.29, 0.717) is 6.42 Å². The molecule has 0 saturated carbocycles. The summed E-state index contributed by atoms with van der Waals surface area (Å²) in [4.78, 5) is 48.1. The standard InChI is InChI=1S/C22H33N3O6/c1-15(2)11-17(25-21(29)31-22(3,4)5)20(28)24-12-18(26)23-13-19(27)30-14-16-9-7-6-8-10-16/h6-10,15,17H,11-14H2,1-5H3,(H,23,26)(H,24,28)(H,25,29). The van der Waals surface area contributed by atoms with Gasteiger partial charge in [-0.25, -0.2) is 4.79 Å². The Kier molecular flexibility index (Phi) is 10.5. The molecule has 31 heavy (non-hydrogen) atoms. The van der Waals surface area contributed by atoms with E-state index >= 15 is 0 Å². The third-order valence-electron chi connectivity index (χ3n) is 3.81. The van der Waals surface area contributed by atoms with Crippen LogP contribution in [0.25, 0.3) is 0 Å². The van der Waals surface area contributed by atoms with Gasteiger partial charge in [0.1, 0.15) is 24.8 Å². The van der Waals surface area contributed by atoms with Crippen molar-refractivity contribution in [3.8, 4) is 0 Å². The highest BCUT2D eigenvalue weighted by Gasteiger charge is 2.25. The molecule has 3 amide bonds. The fourth-order valence-electron chi connectivity index (χ4n) is 2.47. The van der Waals surface area contributed by atoms with Gasteiger partial charge in [-0.3, -0.25) is 14.4 Å². The van der Waals surface area contributed by atoms with Gasteiger partial charge in [0.15, 0.2) is 0 Å². The quantitative estimate of drug-likeness (QED) is 0.483. The third-order valence-corrected chi connectivity index (χ3v) is 3.81. The summed E-state index contributed by atoms with van der Waals surface area (Å²) in [5.74, 6) is -1.53. The molecule has 0 saturated heterocycles. The molecule has 0 spiro atoms. The zero-order valence-corrected chi connectivity index (χ0v) is 18.8. The van der Waals surface area contributed by atoms with Gasteiger partial charge in [0.2, 0.25) is 11.8 Å². The summed E-state index contributed by atoms with van der Waals surface area (Å²) in [6.07, 6.45) is -0.336. The number of benzene rings is 1. The molecule has 1 aromatic rings. The second-order valence-corrected chi connectivity index (χ2v) is 8.47. The number of hydrogen-bond donors (Lipinski definition) is 3. The van der Waals surface area contributed by atoms with Gasteiger partial charge < -0.3 is 25.4 Å². The van der Waals surface area contributed by atoms with E-state index in [1.807, 2.05) is 44.2 Å². The number of alkyl carbamates (subject to hydrolysis) is 1. The summed E-state index contributed by atoms with van der Waals surface area (Å²) >= 11 is 0. The Labute approximate surface area is 183 Å². The van der Waals surface area contributed by atoms with Crippen LogP contribution in [0.15, 0.2) is 30.3 Å². The molecule has 9 nitrogen and oxygen atoms in total. The monoisotopic (exact) mass is 435 g/mol. The van der Waals surface area contributed by atoms with Crippen LogP contribution in [-0.2, 0) is 30.5 Å². The number of rotatable bonds is 10. The number of ether oxygens (including phenoxy) is 2. The van der Waals surface area contributed by atoms with E-state index in [1.54, 1.807) is 20.8 Å². The van der Waals surface area contributed by atoms with Crippen molar-refractivity contribution < 1.29 is 28.7 Å². The van der Waals surface area contributed by atoms with E-state index in [9.17, 15) is 19.2 Å². The first-order chi connectivity index (χ1) is 14.5. The van der Waals surface area contributed by atoms with Crippen LogP contribution < -0.4 is 16.0 Å². The second kappa shape index (κ2) is 12.6. The molecule has 1 unspecified atom stereocenters. The fraction of sp³-hybridized carbons (Fsp3) is 0.545. The number of esters is 1. The molecule has 0 heterocycles. The molecule has 0 radical (unpaired) electrons. The molecule has 0 aliphatic carbocycles. The Balaban J connectivity index is 2.41. The summed E-state index contributed by atoms with van der Waals surface area (Å²) in [6.45, 7) is 8.44. The first-order valence-corrected chi connectivity index (χ1v) is 10.2. The summed E-state index contributed by atoms with van der Waals surface area (Å²) < 4.78 is 10.3. The Morgan fingerprint density at radius 1 is 0.968 bits per heavy atom. The van der Waals surface area contributed by atoms with Crippen molar-refractivity contribution in [3.63, 3.8) is 0 Å². The van der Waals surface area contributed by atoms with E-state index in [2.05, 4.69) is 16.0 Å². The molecule has 172 valence electrons. The summed E-state index contributed by atoms with van der Waals surface area (Å²) in [5, 5.41) is 7.38. The molecule has 0 bridgehead atoms. The number of hydrogen-bond acceptors (Lipinski definition) is 6. The van der Waals surface area contributed by atoms with Crippen LogP contribution in [0.3, 0.4) is 0 Å². The molecule has 0 fully saturated rings. The number of amides is 3. The lowest BCUT2D eigenvalue weighted by Gasteiger charge is -2.24. The predicted octanol–water partition coefficient (Wildman–Crippen LogP) is 1.90. The highest BCUT2D eigenvalue weighted by atomic mass is 16.6. The lowest BCUT2D eigenvalue weighted by molar-refractivity contribution is -0.145. The lowest BCUT2D eigenvalue weighted by Crippen LogP contribution is -2.50. The van der Waals surface area contributed by atoms with Crippen LogP contribution in [0.5, 0.6) is 0 Å². The molecule has 0 aliphatic heterocycles. The van der Waals surface area contributed by atoms with Crippen molar-refractivity contribution in [1.82, 2.24) is 16.0 Å². The van der Waals surface area contributed by atoms with Gasteiger partial charge in [0.25, 0.3) is 0 Å². The smallest absolute Gasteiger partial charge is 0.408 e. The summed E-state index contributed by atoms with van der Waals surface area (Å²) in [5.41, 5.74) is 0.140. The molecule has 0 aromatic heterocycles. The third kappa shape index (κ3) is 12.2. The van der Waals surface area contributed by atoms with E-state index in [4.69, 9.17) is 9.47 Å². The van der Waals surface area contributed by atoms with Crippen molar-refractivity contribution in [1.29, 1.82) is 0 Å². The van der Waals surface area contributed by atoms with E-state index < -0.39 is 35.5 Å². The summed E-state index contributed by atoms with van der Waals surface area (Å²) in [7, 11) is 0. The van der Waals surface area contributed by atoms with Crippen molar-refractivity contribution in [2.45, 2.75) is 59.3 Å². The van der Waals surface area contributed by atoms with Gasteiger partial charge >= 0.3 is 12.1 Å². The average molecular weight is 436 g/mol. The Morgan fingerprint density at radius 3 is 2.19 bits per heavy atom. The maximum absolute atomic E-state index is 12.4. The molecule has 1 rings (SSSR count). The van der Waals surface area contributed by atoms with Crippen molar-refractivity contribution in [2.24, 2.45) is 5.92 Å². The number of carbonyl (C=O) groups is 4. The fourth-order valence-corrected chi connectivity index (χ4v) is 2.47. The van der Waals surface area contributed by atoms with Gasteiger partial charge in [-0.15, -0.1) is 0 Å². The molecule has 1 aromatic carbocycles. The van der Waals surface area contributed by atoms with Gasteiger partial charge in [0, 0.05) is 0 Å². The normalized spacial score (nSPS) is 11.9. The van der Waals surface area contributed by atoms with Crippen molar-refractivity contribution in [2.75, 3.05) is 13.1 Å². The zero-order valence-electron chi connectivity index (χ0n) is 18.8. The number of nitrogens with one attached hydrogen (secondary N) is 3. The van der Waals surface area contributed by atoms with Gasteiger partial charge in [-0.1, -0.05) is 44.2 Å².